The molecule has 0 aliphatic rings. The van der Waals surface area contributed by atoms with E-state index in [0.29, 0.717) is 13.0 Å². The summed E-state index contributed by atoms with van der Waals surface area (Å²) in [6, 6.07) is 0. The SMILES string of the molecule is CN(C)C(=O)C(O)OCCC/C=C/C=C/C=C/C=C/C(C)(O)O. The fourth-order valence-corrected chi connectivity index (χ4v) is 1.36. The largest absolute Gasteiger partial charge is 0.363 e. The quantitative estimate of drug-likeness (QED) is 0.318. The Hall–Kier alpha value is -1.73. The second kappa shape index (κ2) is 11.8. The van der Waals surface area contributed by atoms with Crippen LogP contribution in [0.15, 0.2) is 48.6 Å². The van der Waals surface area contributed by atoms with Crippen molar-refractivity contribution in [1.29, 1.82) is 0 Å². The van der Waals surface area contributed by atoms with Gasteiger partial charge in [-0.05, 0) is 25.8 Å². The second-order valence-electron chi connectivity index (χ2n) is 5.25. The minimum Gasteiger partial charge on any atom is -0.363 e. The minimum absolute atomic E-state index is 0.306. The molecule has 0 aromatic heterocycles. The van der Waals surface area contributed by atoms with E-state index in [1.807, 2.05) is 24.3 Å². The summed E-state index contributed by atoms with van der Waals surface area (Å²) in [5.41, 5.74) is 0. The van der Waals surface area contributed by atoms with Crippen molar-refractivity contribution < 1.29 is 24.9 Å². The van der Waals surface area contributed by atoms with Crippen molar-refractivity contribution in [2.45, 2.75) is 31.8 Å². The average Bonchev–Trinajstić information content (AvgIpc) is 2.46. The van der Waals surface area contributed by atoms with E-state index < -0.39 is 18.0 Å². The average molecular weight is 325 g/mol. The molecule has 0 rings (SSSR count). The summed E-state index contributed by atoms with van der Waals surface area (Å²) in [6.07, 6.45) is 13.8. The van der Waals surface area contributed by atoms with Gasteiger partial charge in [0.25, 0.3) is 5.91 Å². The number of rotatable bonds is 10. The molecule has 0 heterocycles. The van der Waals surface area contributed by atoms with Crippen molar-refractivity contribution in [2.75, 3.05) is 20.7 Å². The standard InChI is InChI=1S/C17H27NO5/c1-17(21,22)13-11-9-7-5-4-6-8-10-12-14-23-16(20)15(19)18(2)3/h4-9,11,13,16,20-22H,10,12,14H2,1-3H3/b5-4+,8-6+,9-7+,13-11+. The first-order chi connectivity index (χ1) is 10.7. The lowest BCUT2D eigenvalue weighted by Crippen LogP contribution is -2.35. The third-order valence-electron chi connectivity index (χ3n) is 2.55. The van der Waals surface area contributed by atoms with Crippen molar-refractivity contribution in [3.63, 3.8) is 0 Å². The van der Waals surface area contributed by atoms with Gasteiger partial charge in [0, 0.05) is 14.1 Å². The Balaban J connectivity index is 3.76. The zero-order valence-electron chi connectivity index (χ0n) is 13.9. The lowest BCUT2D eigenvalue weighted by Gasteiger charge is -2.15. The minimum atomic E-state index is -1.79. The van der Waals surface area contributed by atoms with E-state index in [0.717, 1.165) is 6.42 Å². The van der Waals surface area contributed by atoms with Gasteiger partial charge in [-0.2, -0.15) is 0 Å². The Kier molecular flexibility index (Phi) is 10.9. The molecule has 6 heteroatoms. The topological polar surface area (TPSA) is 90.2 Å². The molecule has 1 atom stereocenters. The summed E-state index contributed by atoms with van der Waals surface area (Å²) in [4.78, 5) is 12.6. The number of amides is 1. The summed E-state index contributed by atoms with van der Waals surface area (Å²) in [5, 5.41) is 27.4. The molecule has 1 amide bonds. The molecule has 3 N–H and O–H groups in total. The first-order valence-electron chi connectivity index (χ1n) is 7.37. The van der Waals surface area contributed by atoms with Crippen LogP contribution in [0.4, 0.5) is 0 Å². The summed E-state index contributed by atoms with van der Waals surface area (Å²) in [7, 11) is 3.11. The number of hydrogen-bond acceptors (Lipinski definition) is 5. The van der Waals surface area contributed by atoms with Gasteiger partial charge >= 0.3 is 0 Å². The molecule has 0 aliphatic heterocycles. The Bertz CT molecular complexity index is 444. The third kappa shape index (κ3) is 13.6. The molecule has 130 valence electrons. The molecule has 0 spiro atoms. The van der Waals surface area contributed by atoms with Gasteiger partial charge in [0.15, 0.2) is 5.79 Å². The van der Waals surface area contributed by atoms with Gasteiger partial charge in [-0.15, -0.1) is 0 Å². The van der Waals surface area contributed by atoms with Gasteiger partial charge in [0.1, 0.15) is 0 Å². The van der Waals surface area contributed by atoms with Crippen molar-refractivity contribution in [2.24, 2.45) is 0 Å². The number of ether oxygens (including phenoxy) is 1. The number of carbonyl (C=O) groups excluding carboxylic acids is 1. The first-order valence-corrected chi connectivity index (χ1v) is 7.37. The van der Waals surface area contributed by atoms with E-state index in [2.05, 4.69) is 0 Å². The fraction of sp³-hybridized carbons (Fsp3) is 0.471. The number of allylic oxidation sites excluding steroid dienone is 7. The van der Waals surface area contributed by atoms with Gasteiger partial charge in [0.2, 0.25) is 6.29 Å². The number of carbonyl (C=O) groups is 1. The van der Waals surface area contributed by atoms with Gasteiger partial charge < -0.3 is 25.0 Å². The monoisotopic (exact) mass is 325 g/mol. The normalized spacial score (nSPS) is 14.5. The lowest BCUT2D eigenvalue weighted by molar-refractivity contribution is -0.166. The maximum atomic E-state index is 11.3. The van der Waals surface area contributed by atoms with E-state index in [-0.39, 0.29) is 0 Å². The van der Waals surface area contributed by atoms with Gasteiger partial charge in [-0.3, -0.25) is 4.79 Å². The summed E-state index contributed by atoms with van der Waals surface area (Å²) in [5.74, 6) is -2.26. The van der Waals surface area contributed by atoms with E-state index >= 15 is 0 Å². The van der Waals surface area contributed by atoms with Crippen LogP contribution in [-0.4, -0.2) is 58.9 Å². The Morgan fingerprint density at radius 2 is 1.70 bits per heavy atom. The molecule has 0 aromatic carbocycles. The third-order valence-corrected chi connectivity index (χ3v) is 2.55. The van der Waals surface area contributed by atoms with Crippen LogP contribution in [0.25, 0.3) is 0 Å². The maximum absolute atomic E-state index is 11.3. The highest BCUT2D eigenvalue weighted by Gasteiger charge is 2.16. The number of unbranched alkanes of at least 4 members (excludes halogenated alkanes) is 1. The Morgan fingerprint density at radius 1 is 1.13 bits per heavy atom. The van der Waals surface area contributed by atoms with Crippen LogP contribution in [-0.2, 0) is 9.53 Å². The molecule has 0 fully saturated rings. The van der Waals surface area contributed by atoms with Crippen molar-refractivity contribution in [1.82, 2.24) is 4.90 Å². The molecule has 0 saturated carbocycles. The Labute approximate surface area is 137 Å². The highest BCUT2D eigenvalue weighted by molar-refractivity contribution is 5.78. The van der Waals surface area contributed by atoms with E-state index in [9.17, 15) is 9.90 Å². The predicted octanol–water partition coefficient (Wildman–Crippen LogP) is 1.12. The number of aliphatic hydroxyl groups excluding tert-OH is 1. The molecule has 23 heavy (non-hydrogen) atoms. The smallest absolute Gasteiger partial charge is 0.278 e. The van der Waals surface area contributed by atoms with E-state index in [1.165, 1.54) is 17.9 Å². The zero-order valence-corrected chi connectivity index (χ0v) is 13.9. The summed E-state index contributed by atoms with van der Waals surface area (Å²) >= 11 is 0. The molecule has 1 unspecified atom stereocenters. The molecular weight excluding hydrogens is 298 g/mol. The molecule has 0 aromatic rings. The maximum Gasteiger partial charge on any atom is 0.278 e. The predicted molar refractivity (Wildman–Crippen MR) is 89.3 cm³/mol. The molecule has 0 aliphatic carbocycles. The summed E-state index contributed by atoms with van der Waals surface area (Å²) < 4.78 is 5.02. The number of hydrogen-bond donors (Lipinski definition) is 3. The fourth-order valence-electron chi connectivity index (χ4n) is 1.36. The molecule has 0 bridgehead atoms. The van der Waals surface area contributed by atoms with Crippen LogP contribution in [0.5, 0.6) is 0 Å². The van der Waals surface area contributed by atoms with Crippen LogP contribution >= 0.6 is 0 Å². The van der Waals surface area contributed by atoms with Crippen LogP contribution in [0.3, 0.4) is 0 Å². The Morgan fingerprint density at radius 3 is 2.26 bits per heavy atom. The molecular formula is C17H27NO5. The molecule has 0 radical (unpaired) electrons. The lowest BCUT2D eigenvalue weighted by atomic mass is 10.3. The second-order valence-corrected chi connectivity index (χ2v) is 5.25. The molecule has 0 saturated heterocycles. The zero-order chi connectivity index (χ0) is 17.7. The van der Waals surface area contributed by atoms with Crippen molar-refractivity contribution in [3.05, 3.63) is 48.6 Å². The van der Waals surface area contributed by atoms with E-state index in [4.69, 9.17) is 14.9 Å². The van der Waals surface area contributed by atoms with Gasteiger partial charge in [0.05, 0.1) is 6.61 Å². The first kappa shape index (κ1) is 21.3. The number of likely N-dealkylation sites (N-methyl/N-ethyl adjacent to an activating group) is 1. The van der Waals surface area contributed by atoms with Crippen molar-refractivity contribution >= 4 is 5.91 Å². The summed E-state index contributed by atoms with van der Waals surface area (Å²) in [6.45, 7) is 1.58. The van der Waals surface area contributed by atoms with Crippen molar-refractivity contribution in [3.8, 4) is 0 Å². The molecule has 6 nitrogen and oxygen atoms in total. The number of nitrogens with zero attached hydrogens (tertiary/aromatic N) is 1. The van der Waals surface area contributed by atoms with E-state index in [1.54, 1.807) is 32.3 Å². The highest BCUT2D eigenvalue weighted by Crippen LogP contribution is 1.99. The van der Waals surface area contributed by atoms with Gasteiger partial charge in [-0.1, -0.05) is 42.5 Å². The van der Waals surface area contributed by atoms with Crippen LogP contribution in [0.1, 0.15) is 19.8 Å². The van der Waals surface area contributed by atoms with Crippen LogP contribution in [0, 0.1) is 0 Å². The number of aliphatic hydroxyl groups is 3. The van der Waals surface area contributed by atoms with Gasteiger partial charge in [-0.25, -0.2) is 0 Å². The van der Waals surface area contributed by atoms with Crippen LogP contribution < -0.4 is 0 Å². The highest BCUT2D eigenvalue weighted by atomic mass is 16.6. The van der Waals surface area contributed by atoms with Crippen LogP contribution in [0.2, 0.25) is 0 Å².